The summed E-state index contributed by atoms with van der Waals surface area (Å²) in [7, 11) is 0. The minimum absolute atomic E-state index is 0.0982. The Bertz CT molecular complexity index is 505. The fourth-order valence-corrected chi connectivity index (χ4v) is 3.41. The lowest BCUT2D eigenvalue weighted by atomic mass is 10.4. The number of aliphatic carboxylic acids is 1. The third-order valence-electron chi connectivity index (χ3n) is 1.81. The Balaban J connectivity index is 2.24. The van der Waals surface area contributed by atoms with Gasteiger partial charge >= 0.3 is 5.97 Å². The summed E-state index contributed by atoms with van der Waals surface area (Å²) in [6, 6.07) is 8.08. The van der Waals surface area contributed by atoms with Crippen LogP contribution in [0.4, 0.5) is 0 Å². The molecular weight excluding hydrogens is 230 g/mol. The third kappa shape index (κ3) is 2.64. The van der Waals surface area contributed by atoms with E-state index in [1.54, 1.807) is 22.7 Å². The molecule has 0 saturated carbocycles. The van der Waals surface area contributed by atoms with Crippen LogP contribution >= 0.6 is 22.7 Å². The van der Waals surface area contributed by atoms with Crippen LogP contribution in [0.1, 0.15) is 6.42 Å². The van der Waals surface area contributed by atoms with Crippen molar-refractivity contribution in [2.24, 2.45) is 4.99 Å². The van der Waals surface area contributed by atoms with Gasteiger partial charge < -0.3 is 5.11 Å². The molecule has 1 aromatic carbocycles. The van der Waals surface area contributed by atoms with E-state index >= 15 is 0 Å². The van der Waals surface area contributed by atoms with Gasteiger partial charge in [-0.15, -0.1) is 22.7 Å². The molecule has 0 aliphatic carbocycles. The number of carboxylic acid groups (broad SMARTS) is 1. The molecular formula is C10H9NO2S2. The topological polar surface area (TPSA) is 49.7 Å². The van der Waals surface area contributed by atoms with Crippen LogP contribution in [0.25, 0.3) is 9.40 Å². The number of nitrogens with zero attached hydrogens (tertiary/aromatic N) is 1. The number of carboxylic acids is 1. The van der Waals surface area contributed by atoms with Crippen LogP contribution in [0.3, 0.4) is 0 Å². The van der Waals surface area contributed by atoms with E-state index in [4.69, 9.17) is 5.11 Å². The molecule has 0 saturated heterocycles. The summed E-state index contributed by atoms with van der Waals surface area (Å²) in [5.41, 5.74) is 0. The minimum atomic E-state index is -0.801. The van der Waals surface area contributed by atoms with Crippen LogP contribution in [-0.2, 0) is 4.79 Å². The average Bonchev–Trinajstić information content (AvgIpc) is 2.59. The molecule has 2 rings (SSSR count). The van der Waals surface area contributed by atoms with Gasteiger partial charge in [0.1, 0.15) is 0 Å². The molecule has 0 atom stereocenters. The largest absolute Gasteiger partial charge is 0.481 e. The quantitative estimate of drug-likeness (QED) is 0.893. The lowest BCUT2D eigenvalue weighted by molar-refractivity contribution is -0.136. The molecule has 1 N–H and O–H groups in total. The number of carbonyl (C=O) groups is 1. The average molecular weight is 239 g/mol. The fraction of sp³-hybridized carbons (Fsp3) is 0.200. The first-order valence-corrected chi connectivity index (χ1v) is 6.10. The van der Waals surface area contributed by atoms with Crippen LogP contribution in [0, 0.1) is 0 Å². The number of hydrogen-bond donors (Lipinski definition) is 1. The van der Waals surface area contributed by atoms with Crippen molar-refractivity contribution >= 4 is 38.0 Å². The molecule has 0 aliphatic heterocycles. The highest BCUT2D eigenvalue weighted by Crippen LogP contribution is 2.19. The smallest absolute Gasteiger partial charge is 0.305 e. The summed E-state index contributed by atoms with van der Waals surface area (Å²) in [6.45, 7) is 0.360. The Morgan fingerprint density at radius 2 is 1.87 bits per heavy atom. The maximum Gasteiger partial charge on any atom is 0.305 e. The summed E-state index contributed by atoms with van der Waals surface area (Å²) in [5, 5.41) is 8.48. The summed E-state index contributed by atoms with van der Waals surface area (Å²) in [6.07, 6.45) is 0.0982. The van der Waals surface area contributed by atoms with Crippen LogP contribution in [-0.4, -0.2) is 17.6 Å². The molecule has 1 aromatic heterocycles. The Morgan fingerprint density at radius 3 is 2.40 bits per heavy atom. The van der Waals surface area contributed by atoms with Gasteiger partial charge in [0.15, 0.2) is 3.98 Å². The molecule has 5 heteroatoms. The molecule has 3 nitrogen and oxygen atoms in total. The molecule has 0 radical (unpaired) electrons. The molecule has 0 aliphatic rings. The predicted octanol–water partition coefficient (Wildman–Crippen LogP) is 2.34. The van der Waals surface area contributed by atoms with Crippen molar-refractivity contribution in [1.29, 1.82) is 0 Å². The zero-order valence-electron chi connectivity index (χ0n) is 7.84. The number of rotatable bonds is 3. The lowest BCUT2D eigenvalue weighted by Gasteiger charge is -1.84. The zero-order valence-corrected chi connectivity index (χ0v) is 9.48. The Kier molecular flexibility index (Phi) is 3.13. The normalized spacial score (nSPS) is 10.4. The Hall–Kier alpha value is -1.20. The molecule has 2 aromatic rings. The molecule has 0 amide bonds. The maximum absolute atomic E-state index is 10.3. The second kappa shape index (κ2) is 4.55. The van der Waals surface area contributed by atoms with Crippen LogP contribution in [0.15, 0.2) is 29.3 Å². The number of hydrogen-bond acceptors (Lipinski definition) is 4. The first-order valence-electron chi connectivity index (χ1n) is 4.46. The van der Waals surface area contributed by atoms with Crippen molar-refractivity contribution in [3.63, 3.8) is 0 Å². The monoisotopic (exact) mass is 239 g/mol. The van der Waals surface area contributed by atoms with Gasteiger partial charge in [0.25, 0.3) is 0 Å². The van der Waals surface area contributed by atoms with E-state index in [2.05, 4.69) is 4.99 Å². The molecule has 1 heterocycles. The highest BCUT2D eigenvalue weighted by Gasteiger charge is 1.97. The van der Waals surface area contributed by atoms with Crippen molar-refractivity contribution in [2.75, 3.05) is 6.54 Å². The summed E-state index contributed by atoms with van der Waals surface area (Å²) in [4.78, 5) is 14.5. The van der Waals surface area contributed by atoms with Crippen molar-refractivity contribution in [3.05, 3.63) is 28.3 Å². The van der Waals surface area contributed by atoms with Crippen LogP contribution in [0.2, 0.25) is 0 Å². The van der Waals surface area contributed by atoms with Gasteiger partial charge in [0.2, 0.25) is 0 Å². The highest BCUT2D eigenvalue weighted by atomic mass is 32.2. The van der Waals surface area contributed by atoms with E-state index in [1.165, 1.54) is 9.40 Å². The molecule has 0 fully saturated rings. The van der Waals surface area contributed by atoms with E-state index in [1.807, 2.05) is 24.3 Å². The first-order chi connectivity index (χ1) is 7.25. The van der Waals surface area contributed by atoms with Crippen molar-refractivity contribution in [1.82, 2.24) is 0 Å². The highest BCUT2D eigenvalue weighted by molar-refractivity contribution is 7.35. The van der Waals surface area contributed by atoms with Gasteiger partial charge in [-0.05, 0) is 12.1 Å². The Labute approximate surface area is 94.4 Å². The lowest BCUT2D eigenvalue weighted by Crippen LogP contribution is -1.99. The summed E-state index contributed by atoms with van der Waals surface area (Å²) >= 11 is 3.22. The molecule has 78 valence electrons. The van der Waals surface area contributed by atoms with Gasteiger partial charge in [0, 0.05) is 9.40 Å². The van der Waals surface area contributed by atoms with Gasteiger partial charge in [0.05, 0.1) is 13.0 Å². The van der Waals surface area contributed by atoms with Crippen LogP contribution < -0.4 is 3.98 Å². The maximum atomic E-state index is 10.3. The molecule has 0 bridgehead atoms. The molecule has 0 unspecified atom stereocenters. The van der Waals surface area contributed by atoms with Gasteiger partial charge in [-0.3, -0.25) is 9.79 Å². The van der Waals surface area contributed by atoms with E-state index in [-0.39, 0.29) is 6.42 Å². The summed E-state index contributed by atoms with van der Waals surface area (Å²) in [5.74, 6) is -0.801. The molecule has 0 spiro atoms. The predicted molar refractivity (Wildman–Crippen MR) is 62.4 cm³/mol. The van der Waals surface area contributed by atoms with Gasteiger partial charge in [-0.1, -0.05) is 12.1 Å². The van der Waals surface area contributed by atoms with Crippen molar-refractivity contribution in [2.45, 2.75) is 6.42 Å². The fourth-order valence-electron chi connectivity index (χ4n) is 1.14. The minimum Gasteiger partial charge on any atom is -0.481 e. The number of fused-ring (bicyclic) bond motifs is 1. The van der Waals surface area contributed by atoms with E-state index in [0.717, 1.165) is 3.98 Å². The van der Waals surface area contributed by atoms with E-state index in [0.29, 0.717) is 6.54 Å². The Morgan fingerprint density at radius 1 is 1.27 bits per heavy atom. The van der Waals surface area contributed by atoms with Crippen molar-refractivity contribution < 1.29 is 9.90 Å². The van der Waals surface area contributed by atoms with Crippen LogP contribution in [0.5, 0.6) is 0 Å². The zero-order chi connectivity index (χ0) is 10.7. The second-order valence-corrected chi connectivity index (χ2v) is 5.26. The third-order valence-corrected chi connectivity index (χ3v) is 4.20. The standard InChI is InChI=1S/C10H9NO2S2/c12-9(13)5-6-11-10-14-7-3-1-2-4-8(7)15-10/h1-4H,5-6H2,(H,12,13). The SMILES string of the molecule is O=C(O)CCN=c1sc2ccccc2s1. The van der Waals surface area contributed by atoms with E-state index in [9.17, 15) is 4.79 Å². The van der Waals surface area contributed by atoms with Gasteiger partial charge in [-0.25, -0.2) is 0 Å². The number of benzene rings is 1. The van der Waals surface area contributed by atoms with Gasteiger partial charge in [-0.2, -0.15) is 0 Å². The summed E-state index contributed by atoms with van der Waals surface area (Å²) < 4.78 is 3.35. The first kappa shape index (κ1) is 10.3. The molecule has 15 heavy (non-hydrogen) atoms. The second-order valence-electron chi connectivity index (χ2n) is 2.94. The van der Waals surface area contributed by atoms with Crippen molar-refractivity contribution in [3.8, 4) is 0 Å². The van der Waals surface area contributed by atoms with E-state index < -0.39 is 5.97 Å².